The van der Waals surface area contributed by atoms with E-state index in [1.807, 2.05) is 26.8 Å². The number of benzene rings is 1. The number of carbonyl (C=O) groups is 1. The van der Waals surface area contributed by atoms with Crippen LogP contribution in [-0.4, -0.2) is 43.4 Å². The van der Waals surface area contributed by atoms with Crippen LogP contribution < -0.4 is 9.47 Å². The zero-order valence-corrected chi connectivity index (χ0v) is 17.3. The Balaban J connectivity index is 1.67. The van der Waals surface area contributed by atoms with E-state index in [-0.39, 0.29) is 23.5 Å². The summed E-state index contributed by atoms with van der Waals surface area (Å²) in [7, 11) is 3.49. The maximum absolute atomic E-state index is 12.5. The fourth-order valence-corrected chi connectivity index (χ4v) is 4.72. The van der Waals surface area contributed by atoms with E-state index in [9.17, 15) is 4.79 Å². The first-order valence-electron chi connectivity index (χ1n) is 9.93. The molecule has 1 aromatic carbocycles. The molecule has 3 atom stereocenters. The third kappa shape index (κ3) is 2.88. The van der Waals surface area contributed by atoms with Gasteiger partial charge in [-0.2, -0.15) is 0 Å². The molecule has 28 heavy (non-hydrogen) atoms. The number of amides is 1. The Bertz CT molecular complexity index is 851. The van der Waals surface area contributed by atoms with Crippen LogP contribution >= 0.6 is 0 Å². The minimum absolute atomic E-state index is 0.0459. The molecule has 0 fully saturated rings. The van der Waals surface area contributed by atoms with E-state index in [0.29, 0.717) is 6.54 Å². The first-order valence-corrected chi connectivity index (χ1v) is 9.93. The molecule has 4 rings (SSSR count). The van der Waals surface area contributed by atoms with Crippen molar-refractivity contribution < 1.29 is 19.0 Å². The summed E-state index contributed by atoms with van der Waals surface area (Å²) in [6, 6.07) is 4.08. The summed E-state index contributed by atoms with van der Waals surface area (Å²) >= 11 is 0. The van der Waals surface area contributed by atoms with Crippen molar-refractivity contribution >= 4 is 12.2 Å². The van der Waals surface area contributed by atoms with Gasteiger partial charge in [-0.3, -0.25) is 0 Å². The molecular formula is C23H29NO4. The van der Waals surface area contributed by atoms with Crippen LogP contribution in [0.3, 0.4) is 0 Å². The van der Waals surface area contributed by atoms with Gasteiger partial charge in [0, 0.05) is 36.9 Å². The summed E-state index contributed by atoms with van der Waals surface area (Å²) in [6.45, 7) is 6.26. The molecule has 1 heterocycles. The average molecular weight is 383 g/mol. The van der Waals surface area contributed by atoms with Crippen molar-refractivity contribution in [1.82, 2.24) is 4.90 Å². The molecular weight excluding hydrogens is 354 g/mol. The smallest absolute Gasteiger partial charge is 0.410 e. The number of allylic oxidation sites excluding steroid dienone is 2. The Morgan fingerprint density at radius 1 is 1.32 bits per heavy atom. The summed E-state index contributed by atoms with van der Waals surface area (Å²) in [5.74, 6) is 1.89. The molecule has 0 saturated heterocycles. The minimum Gasteiger partial charge on any atom is -0.493 e. The van der Waals surface area contributed by atoms with Crippen molar-refractivity contribution in [3.63, 3.8) is 0 Å². The Hall–Kier alpha value is -2.43. The normalized spacial score (nSPS) is 26.5. The van der Waals surface area contributed by atoms with Crippen molar-refractivity contribution in [2.75, 3.05) is 20.7 Å². The van der Waals surface area contributed by atoms with E-state index in [1.165, 1.54) is 11.1 Å². The van der Waals surface area contributed by atoms with Crippen LogP contribution in [0, 0.1) is 5.92 Å². The van der Waals surface area contributed by atoms with E-state index in [1.54, 1.807) is 19.1 Å². The zero-order valence-electron chi connectivity index (χ0n) is 17.3. The van der Waals surface area contributed by atoms with E-state index < -0.39 is 5.60 Å². The van der Waals surface area contributed by atoms with E-state index in [0.717, 1.165) is 24.3 Å². The third-order valence-corrected chi connectivity index (χ3v) is 6.01. The quantitative estimate of drug-likeness (QED) is 0.716. The fraction of sp³-hybridized carbons (Fsp3) is 0.522. The molecule has 1 amide bonds. The highest BCUT2D eigenvalue weighted by Crippen LogP contribution is 2.59. The maximum Gasteiger partial charge on any atom is 0.410 e. The van der Waals surface area contributed by atoms with Gasteiger partial charge in [0.1, 0.15) is 11.7 Å². The minimum atomic E-state index is -0.500. The lowest BCUT2D eigenvalue weighted by Gasteiger charge is -2.44. The number of hydrogen-bond acceptors (Lipinski definition) is 4. The number of rotatable bonds is 4. The maximum atomic E-state index is 12.5. The van der Waals surface area contributed by atoms with Gasteiger partial charge in [0.2, 0.25) is 0 Å². The van der Waals surface area contributed by atoms with Crippen molar-refractivity contribution in [3.05, 3.63) is 41.5 Å². The van der Waals surface area contributed by atoms with Gasteiger partial charge in [-0.1, -0.05) is 30.4 Å². The number of carbonyl (C=O) groups excluding carboxylic acids is 1. The number of ether oxygens (including phenoxy) is 3. The van der Waals surface area contributed by atoms with Crippen molar-refractivity contribution in [2.24, 2.45) is 5.92 Å². The van der Waals surface area contributed by atoms with Crippen LogP contribution in [0.25, 0.3) is 6.08 Å². The summed E-state index contributed by atoms with van der Waals surface area (Å²) < 4.78 is 17.6. The van der Waals surface area contributed by atoms with Gasteiger partial charge in [0.15, 0.2) is 11.5 Å². The highest BCUT2D eigenvalue weighted by atomic mass is 16.6. The Morgan fingerprint density at radius 3 is 2.82 bits per heavy atom. The lowest BCUT2D eigenvalue weighted by atomic mass is 9.59. The summed E-state index contributed by atoms with van der Waals surface area (Å²) in [4.78, 5) is 14.1. The number of nitrogens with zero attached hydrogens (tertiary/aromatic N) is 1. The predicted octanol–water partition coefficient (Wildman–Crippen LogP) is 4.55. The molecule has 150 valence electrons. The molecule has 2 aliphatic carbocycles. The monoisotopic (exact) mass is 383 g/mol. The SMILES string of the molecule is COc1ccc2c3c1O[C@H]1CC=C[C@@H](C=C2)[C@@]31CCN(C)C(=O)OC(C)(C)C. The van der Waals surface area contributed by atoms with Gasteiger partial charge in [-0.15, -0.1) is 0 Å². The molecule has 1 aromatic rings. The summed E-state index contributed by atoms with van der Waals surface area (Å²) in [5.41, 5.74) is 1.73. The number of hydrogen-bond donors (Lipinski definition) is 0. The predicted molar refractivity (Wildman–Crippen MR) is 109 cm³/mol. The van der Waals surface area contributed by atoms with E-state index in [2.05, 4.69) is 30.4 Å². The molecule has 5 heteroatoms. The summed E-state index contributed by atoms with van der Waals surface area (Å²) in [5, 5.41) is 0. The van der Waals surface area contributed by atoms with Gasteiger partial charge < -0.3 is 19.1 Å². The largest absolute Gasteiger partial charge is 0.493 e. The molecule has 3 aliphatic rings. The third-order valence-electron chi connectivity index (χ3n) is 6.01. The molecule has 0 unspecified atom stereocenters. The second-order valence-corrected chi connectivity index (χ2v) is 8.91. The lowest BCUT2D eigenvalue weighted by Crippen LogP contribution is -2.49. The molecule has 0 aromatic heterocycles. The topological polar surface area (TPSA) is 48.0 Å². The van der Waals surface area contributed by atoms with Gasteiger partial charge in [0.05, 0.1) is 7.11 Å². The molecule has 0 N–H and O–H groups in total. The Labute approximate surface area is 167 Å². The molecule has 0 spiro atoms. The van der Waals surface area contributed by atoms with Gasteiger partial charge >= 0.3 is 6.09 Å². The molecule has 1 aliphatic heterocycles. The van der Waals surface area contributed by atoms with Crippen molar-refractivity contribution in [1.29, 1.82) is 0 Å². The zero-order chi connectivity index (χ0) is 20.1. The fourth-order valence-electron chi connectivity index (χ4n) is 4.72. The Kier molecular flexibility index (Phi) is 4.44. The summed E-state index contributed by atoms with van der Waals surface area (Å²) in [6.07, 6.45) is 10.4. The number of methoxy groups -OCH3 is 1. The molecule has 5 nitrogen and oxygen atoms in total. The van der Waals surface area contributed by atoms with Crippen LogP contribution in [0.15, 0.2) is 30.4 Å². The first kappa shape index (κ1) is 18.9. The van der Waals surface area contributed by atoms with E-state index in [4.69, 9.17) is 14.2 Å². The van der Waals surface area contributed by atoms with Crippen LogP contribution in [0.5, 0.6) is 11.5 Å². The van der Waals surface area contributed by atoms with Crippen LogP contribution in [0.2, 0.25) is 0 Å². The Morgan fingerprint density at radius 2 is 2.11 bits per heavy atom. The first-order chi connectivity index (χ1) is 13.3. The lowest BCUT2D eigenvalue weighted by molar-refractivity contribution is 0.0260. The van der Waals surface area contributed by atoms with Crippen LogP contribution in [-0.2, 0) is 10.2 Å². The second kappa shape index (κ2) is 6.57. The van der Waals surface area contributed by atoms with Crippen LogP contribution in [0.1, 0.15) is 44.7 Å². The van der Waals surface area contributed by atoms with Gasteiger partial charge in [0.25, 0.3) is 0 Å². The highest BCUT2D eigenvalue weighted by molar-refractivity contribution is 5.71. The standard InChI is InChI=1S/C23H29NO4/c1-22(2,3)28-21(25)24(4)14-13-23-16-7-6-8-18(23)27-20-17(26-5)12-10-15(9-11-16)19(20)23/h6-7,9-12,16,18H,8,13-14H2,1-5H3/t16-,18-,23+/m0/s1. The van der Waals surface area contributed by atoms with Crippen molar-refractivity contribution in [3.8, 4) is 11.5 Å². The molecule has 0 bridgehead atoms. The highest BCUT2D eigenvalue weighted by Gasteiger charge is 2.56. The average Bonchev–Trinajstić information content (AvgIpc) is 2.99. The van der Waals surface area contributed by atoms with E-state index >= 15 is 0 Å². The molecule has 0 saturated carbocycles. The van der Waals surface area contributed by atoms with Gasteiger partial charge in [-0.25, -0.2) is 4.79 Å². The van der Waals surface area contributed by atoms with Crippen LogP contribution in [0.4, 0.5) is 4.79 Å². The molecule has 0 radical (unpaired) electrons. The van der Waals surface area contributed by atoms with Crippen molar-refractivity contribution in [2.45, 2.75) is 50.7 Å². The second-order valence-electron chi connectivity index (χ2n) is 8.91. The van der Waals surface area contributed by atoms with Gasteiger partial charge in [-0.05, 0) is 38.8 Å².